The summed E-state index contributed by atoms with van der Waals surface area (Å²) in [7, 11) is -3.18. The zero-order valence-corrected chi connectivity index (χ0v) is 13.2. The lowest BCUT2D eigenvalue weighted by molar-refractivity contribution is 0.400. The van der Waals surface area contributed by atoms with Gasteiger partial charge >= 0.3 is 0 Å². The summed E-state index contributed by atoms with van der Waals surface area (Å²) in [6.45, 7) is 8.50. The second-order valence-corrected chi connectivity index (χ2v) is 8.02. The molecule has 1 aromatic rings. The lowest BCUT2D eigenvalue weighted by Crippen LogP contribution is -2.50. The fourth-order valence-electron chi connectivity index (χ4n) is 1.87. The highest BCUT2D eigenvalue weighted by Gasteiger charge is 2.23. The maximum absolute atomic E-state index is 11.2. The van der Waals surface area contributed by atoms with Crippen LogP contribution in [0.4, 0.5) is 0 Å². The van der Waals surface area contributed by atoms with Crippen LogP contribution in [0.5, 0.6) is 0 Å². The minimum Gasteiger partial charge on any atom is -0.308 e. The summed E-state index contributed by atoms with van der Waals surface area (Å²) >= 11 is 1.72. The second-order valence-electron chi connectivity index (χ2n) is 5.33. The van der Waals surface area contributed by atoms with Crippen LogP contribution in [-0.4, -0.2) is 26.8 Å². The molecule has 0 amide bonds. The smallest absolute Gasteiger partial charge is 0.209 e. The number of thiophene rings is 1. The summed E-state index contributed by atoms with van der Waals surface area (Å²) in [6, 6.07) is 2.32. The Kier molecular flexibility index (Phi) is 4.94. The Hall–Kier alpha value is -0.430. The van der Waals surface area contributed by atoms with Crippen molar-refractivity contribution in [2.24, 2.45) is 0 Å². The van der Waals surface area contributed by atoms with Crippen LogP contribution >= 0.6 is 11.3 Å². The maximum atomic E-state index is 11.2. The summed E-state index contributed by atoms with van der Waals surface area (Å²) in [5, 5.41) is 5.44. The van der Waals surface area contributed by atoms with Crippen molar-refractivity contribution in [3.8, 4) is 0 Å². The van der Waals surface area contributed by atoms with Crippen molar-refractivity contribution in [1.29, 1.82) is 0 Å². The van der Waals surface area contributed by atoms with Crippen molar-refractivity contribution in [2.45, 2.75) is 39.3 Å². The van der Waals surface area contributed by atoms with E-state index >= 15 is 0 Å². The van der Waals surface area contributed by atoms with Crippen LogP contribution in [0.3, 0.4) is 0 Å². The standard InChI is InChI=1S/C12H22N2O2S2/c1-9-6-7-17-11(9)10(2)13-8-12(3,4)14-18(5,15)16/h6-7,10,13-14H,8H2,1-5H3. The van der Waals surface area contributed by atoms with Gasteiger partial charge in [0, 0.05) is 23.0 Å². The lowest BCUT2D eigenvalue weighted by Gasteiger charge is -2.27. The predicted molar refractivity (Wildman–Crippen MR) is 77.5 cm³/mol. The van der Waals surface area contributed by atoms with E-state index in [-0.39, 0.29) is 6.04 Å². The van der Waals surface area contributed by atoms with Gasteiger partial charge in [-0.15, -0.1) is 11.3 Å². The van der Waals surface area contributed by atoms with Gasteiger partial charge in [0.25, 0.3) is 0 Å². The van der Waals surface area contributed by atoms with Gasteiger partial charge in [0.15, 0.2) is 0 Å². The van der Waals surface area contributed by atoms with Crippen molar-refractivity contribution in [3.05, 3.63) is 21.9 Å². The molecule has 0 saturated heterocycles. The first-order chi connectivity index (χ1) is 8.11. The summed E-state index contributed by atoms with van der Waals surface area (Å²) in [6.07, 6.45) is 1.18. The highest BCUT2D eigenvalue weighted by Crippen LogP contribution is 2.23. The fourth-order valence-corrected chi connectivity index (χ4v) is 3.90. The van der Waals surface area contributed by atoms with Crippen molar-refractivity contribution in [2.75, 3.05) is 12.8 Å². The second kappa shape index (κ2) is 5.69. The van der Waals surface area contributed by atoms with Crippen molar-refractivity contribution in [1.82, 2.24) is 10.0 Å². The van der Waals surface area contributed by atoms with E-state index < -0.39 is 15.6 Å². The molecule has 1 heterocycles. The van der Waals surface area contributed by atoms with Gasteiger partial charge in [-0.25, -0.2) is 13.1 Å². The van der Waals surface area contributed by atoms with Gasteiger partial charge in [0.1, 0.15) is 0 Å². The van der Waals surface area contributed by atoms with E-state index in [2.05, 4.69) is 35.3 Å². The molecule has 0 bridgehead atoms. The Labute approximate surface area is 114 Å². The molecule has 0 aliphatic heterocycles. The molecule has 1 unspecified atom stereocenters. The van der Waals surface area contributed by atoms with E-state index in [1.807, 2.05) is 13.8 Å². The molecule has 6 heteroatoms. The quantitative estimate of drug-likeness (QED) is 0.843. The average molecular weight is 290 g/mol. The zero-order valence-electron chi connectivity index (χ0n) is 11.6. The van der Waals surface area contributed by atoms with E-state index in [4.69, 9.17) is 0 Å². The van der Waals surface area contributed by atoms with Crippen LogP contribution < -0.4 is 10.0 Å². The Morgan fingerprint density at radius 2 is 2.06 bits per heavy atom. The number of hydrogen-bond acceptors (Lipinski definition) is 4. The molecule has 104 valence electrons. The van der Waals surface area contributed by atoms with Crippen LogP contribution in [-0.2, 0) is 10.0 Å². The fraction of sp³-hybridized carbons (Fsp3) is 0.667. The first-order valence-electron chi connectivity index (χ1n) is 5.87. The van der Waals surface area contributed by atoms with Gasteiger partial charge in [0.2, 0.25) is 10.0 Å². The Bertz CT molecular complexity index is 492. The minimum atomic E-state index is -3.18. The summed E-state index contributed by atoms with van der Waals surface area (Å²) in [4.78, 5) is 1.30. The van der Waals surface area contributed by atoms with Crippen LogP contribution in [0.25, 0.3) is 0 Å². The number of rotatable bonds is 6. The molecule has 1 rings (SSSR count). The van der Waals surface area contributed by atoms with Crippen molar-refractivity contribution in [3.63, 3.8) is 0 Å². The van der Waals surface area contributed by atoms with E-state index in [0.29, 0.717) is 6.54 Å². The van der Waals surface area contributed by atoms with Gasteiger partial charge < -0.3 is 5.32 Å². The SMILES string of the molecule is Cc1ccsc1C(C)NCC(C)(C)NS(C)(=O)=O. The maximum Gasteiger partial charge on any atom is 0.209 e. The summed E-state index contributed by atoms with van der Waals surface area (Å²) < 4.78 is 25.1. The van der Waals surface area contributed by atoms with Crippen molar-refractivity contribution < 1.29 is 8.42 Å². The third kappa shape index (κ3) is 5.06. The summed E-state index contributed by atoms with van der Waals surface area (Å²) in [5.41, 5.74) is 0.779. The first kappa shape index (κ1) is 15.6. The van der Waals surface area contributed by atoms with Gasteiger partial charge in [-0.3, -0.25) is 0 Å². The average Bonchev–Trinajstić information content (AvgIpc) is 2.57. The Balaban J connectivity index is 2.57. The van der Waals surface area contributed by atoms with Crippen LogP contribution in [0.1, 0.15) is 37.3 Å². The van der Waals surface area contributed by atoms with E-state index in [1.54, 1.807) is 11.3 Å². The molecule has 0 spiro atoms. The van der Waals surface area contributed by atoms with E-state index in [9.17, 15) is 8.42 Å². The number of aryl methyl sites for hydroxylation is 1. The minimum absolute atomic E-state index is 0.227. The lowest BCUT2D eigenvalue weighted by atomic mass is 10.1. The molecule has 1 atom stereocenters. The van der Waals surface area contributed by atoms with Crippen LogP contribution in [0.2, 0.25) is 0 Å². The molecule has 0 radical (unpaired) electrons. The highest BCUT2D eigenvalue weighted by atomic mass is 32.2. The Morgan fingerprint density at radius 3 is 2.50 bits per heavy atom. The van der Waals surface area contributed by atoms with E-state index in [0.717, 1.165) is 0 Å². The van der Waals surface area contributed by atoms with Gasteiger partial charge in [-0.1, -0.05) is 0 Å². The normalized spacial score (nSPS) is 14.7. The number of nitrogens with one attached hydrogen (secondary N) is 2. The molecule has 4 nitrogen and oxygen atoms in total. The largest absolute Gasteiger partial charge is 0.308 e. The highest BCUT2D eigenvalue weighted by molar-refractivity contribution is 7.88. The number of sulfonamides is 1. The molecule has 0 aliphatic rings. The molecule has 2 N–H and O–H groups in total. The van der Waals surface area contributed by atoms with Gasteiger partial charge in [0.05, 0.1) is 6.26 Å². The molecule has 1 aromatic heterocycles. The van der Waals surface area contributed by atoms with E-state index in [1.165, 1.54) is 16.7 Å². The predicted octanol–water partition coefficient (Wildman–Crippen LogP) is 2.03. The molecular formula is C12H22N2O2S2. The molecule has 0 fully saturated rings. The molecule has 0 aliphatic carbocycles. The molecule has 0 saturated carbocycles. The first-order valence-corrected chi connectivity index (χ1v) is 8.64. The van der Waals surface area contributed by atoms with Crippen LogP contribution in [0.15, 0.2) is 11.4 Å². The Morgan fingerprint density at radius 1 is 1.44 bits per heavy atom. The number of hydrogen-bond donors (Lipinski definition) is 2. The third-order valence-electron chi connectivity index (χ3n) is 2.61. The monoisotopic (exact) mass is 290 g/mol. The molecule has 0 aromatic carbocycles. The zero-order chi connectivity index (χ0) is 14.0. The molecular weight excluding hydrogens is 268 g/mol. The van der Waals surface area contributed by atoms with Crippen molar-refractivity contribution >= 4 is 21.4 Å². The van der Waals surface area contributed by atoms with Gasteiger partial charge in [-0.05, 0) is 44.7 Å². The third-order valence-corrected chi connectivity index (χ3v) is 4.73. The summed E-state index contributed by atoms with van der Waals surface area (Å²) in [5.74, 6) is 0. The molecule has 18 heavy (non-hydrogen) atoms. The van der Waals surface area contributed by atoms with Gasteiger partial charge in [-0.2, -0.15) is 0 Å². The topological polar surface area (TPSA) is 58.2 Å². The van der Waals surface area contributed by atoms with Crippen LogP contribution in [0, 0.1) is 6.92 Å².